The Morgan fingerprint density at radius 2 is 1.95 bits per heavy atom. The Balaban J connectivity index is 1.92. The van der Waals surface area contributed by atoms with E-state index < -0.39 is 0 Å². The lowest BCUT2D eigenvalue weighted by Gasteiger charge is -2.09. The average molecular weight is 283 g/mol. The smallest absolute Gasteiger partial charge is 0.244 e. The van der Waals surface area contributed by atoms with Crippen LogP contribution in [0.2, 0.25) is 0 Å². The van der Waals surface area contributed by atoms with Gasteiger partial charge >= 0.3 is 0 Å². The number of imidazole rings is 1. The number of nitrogens with one attached hydrogen (secondary N) is 2. The summed E-state index contributed by atoms with van der Waals surface area (Å²) in [7, 11) is 0. The van der Waals surface area contributed by atoms with Gasteiger partial charge in [0.1, 0.15) is 5.82 Å². The third-order valence-electron chi connectivity index (χ3n) is 3.32. The first-order valence-electron chi connectivity index (χ1n) is 7.14. The first-order valence-corrected chi connectivity index (χ1v) is 7.14. The van der Waals surface area contributed by atoms with Gasteiger partial charge in [-0.1, -0.05) is 38.1 Å². The van der Waals surface area contributed by atoms with Gasteiger partial charge in [-0.05, 0) is 30.0 Å². The molecule has 0 fully saturated rings. The minimum absolute atomic E-state index is 0.133. The van der Waals surface area contributed by atoms with Crippen LogP contribution in [0.3, 0.4) is 0 Å². The van der Waals surface area contributed by atoms with E-state index in [0.29, 0.717) is 5.92 Å². The Labute approximate surface area is 125 Å². The van der Waals surface area contributed by atoms with E-state index in [2.05, 4.69) is 41.3 Å². The molecular formula is C17H21N3O. The average Bonchev–Trinajstić information content (AvgIpc) is 3.00. The number of hydrogen-bond donors (Lipinski definition) is 2. The fraction of sp³-hybridized carbons (Fsp3) is 0.294. The number of hydrogen-bond acceptors (Lipinski definition) is 2. The highest BCUT2D eigenvalue weighted by molar-refractivity contribution is 5.91. The van der Waals surface area contributed by atoms with Crippen molar-refractivity contribution in [1.82, 2.24) is 15.3 Å². The molecule has 0 saturated heterocycles. The van der Waals surface area contributed by atoms with Gasteiger partial charge in [-0.3, -0.25) is 4.79 Å². The number of rotatable bonds is 5. The topological polar surface area (TPSA) is 57.8 Å². The summed E-state index contributed by atoms with van der Waals surface area (Å²) in [4.78, 5) is 19.0. The molecule has 4 nitrogen and oxygen atoms in total. The van der Waals surface area contributed by atoms with Gasteiger partial charge in [0, 0.05) is 18.5 Å². The van der Waals surface area contributed by atoms with E-state index in [0.717, 1.165) is 11.4 Å². The maximum absolute atomic E-state index is 11.9. The van der Waals surface area contributed by atoms with Crippen LogP contribution < -0.4 is 5.32 Å². The van der Waals surface area contributed by atoms with Crippen LogP contribution in [0.4, 0.5) is 0 Å². The van der Waals surface area contributed by atoms with Crippen LogP contribution in [-0.4, -0.2) is 15.9 Å². The summed E-state index contributed by atoms with van der Waals surface area (Å²) in [5.41, 5.74) is 2.31. The van der Waals surface area contributed by atoms with Crippen LogP contribution in [0, 0.1) is 0 Å². The molecule has 1 heterocycles. The van der Waals surface area contributed by atoms with Crippen LogP contribution in [0.1, 0.15) is 49.7 Å². The largest absolute Gasteiger partial charge is 0.347 e. The summed E-state index contributed by atoms with van der Waals surface area (Å²) < 4.78 is 0. The van der Waals surface area contributed by atoms with Gasteiger partial charge in [0.25, 0.3) is 0 Å². The number of nitrogens with zero attached hydrogens (tertiary/aromatic N) is 1. The third kappa shape index (κ3) is 4.31. The molecule has 0 radical (unpaired) electrons. The van der Waals surface area contributed by atoms with Crippen molar-refractivity contribution >= 4 is 12.0 Å². The van der Waals surface area contributed by atoms with Crippen LogP contribution in [0.5, 0.6) is 0 Å². The first kappa shape index (κ1) is 15.0. The molecule has 1 amide bonds. The molecule has 0 aliphatic carbocycles. The molecule has 4 heteroatoms. The molecule has 0 aliphatic heterocycles. The Morgan fingerprint density at radius 3 is 2.52 bits per heavy atom. The predicted molar refractivity (Wildman–Crippen MR) is 84.7 cm³/mol. The van der Waals surface area contributed by atoms with Gasteiger partial charge in [0.2, 0.25) is 5.91 Å². The van der Waals surface area contributed by atoms with Crippen molar-refractivity contribution < 1.29 is 4.79 Å². The standard InChI is InChI=1S/C17H21N3O/c1-12(2)15-7-4-14(5-8-15)6-9-16(21)20-13(3)17-18-10-11-19-17/h4-13H,1-3H3,(H,18,19)(H,20,21)/b9-6+. The van der Waals surface area contributed by atoms with Crippen LogP contribution in [0.25, 0.3) is 6.08 Å². The predicted octanol–water partition coefficient (Wildman–Crippen LogP) is 3.42. The molecule has 21 heavy (non-hydrogen) atoms. The highest BCUT2D eigenvalue weighted by Crippen LogP contribution is 2.15. The summed E-state index contributed by atoms with van der Waals surface area (Å²) in [6.07, 6.45) is 6.77. The normalized spacial score (nSPS) is 12.8. The second-order valence-electron chi connectivity index (χ2n) is 5.36. The monoisotopic (exact) mass is 283 g/mol. The number of carbonyl (C=O) groups excluding carboxylic acids is 1. The lowest BCUT2D eigenvalue weighted by molar-refractivity contribution is -0.117. The zero-order valence-electron chi connectivity index (χ0n) is 12.6. The second kappa shape index (κ2) is 6.88. The number of H-pyrrole nitrogens is 1. The quantitative estimate of drug-likeness (QED) is 0.826. The van der Waals surface area contributed by atoms with Crippen LogP contribution in [0.15, 0.2) is 42.7 Å². The van der Waals surface area contributed by atoms with Gasteiger partial charge in [0.15, 0.2) is 0 Å². The summed E-state index contributed by atoms with van der Waals surface area (Å²) in [5, 5.41) is 2.86. The van der Waals surface area contributed by atoms with Gasteiger partial charge < -0.3 is 10.3 Å². The Kier molecular flexibility index (Phi) is 4.93. The summed E-state index contributed by atoms with van der Waals surface area (Å²) in [5.74, 6) is 1.13. The number of amides is 1. The summed E-state index contributed by atoms with van der Waals surface area (Å²) in [6.45, 7) is 6.21. The van der Waals surface area contributed by atoms with E-state index in [4.69, 9.17) is 0 Å². The van der Waals surface area contributed by atoms with Gasteiger partial charge in [0.05, 0.1) is 6.04 Å². The number of aromatic nitrogens is 2. The Hall–Kier alpha value is -2.36. The van der Waals surface area contributed by atoms with Crippen LogP contribution >= 0.6 is 0 Å². The van der Waals surface area contributed by atoms with Crippen molar-refractivity contribution in [3.8, 4) is 0 Å². The van der Waals surface area contributed by atoms with E-state index in [1.54, 1.807) is 18.5 Å². The number of aromatic amines is 1. The molecule has 110 valence electrons. The molecular weight excluding hydrogens is 262 g/mol. The Bertz CT molecular complexity index is 597. The van der Waals surface area contributed by atoms with E-state index >= 15 is 0 Å². The minimum Gasteiger partial charge on any atom is -0.347 e. The van der Waals surface area contributed by atoms with E-state index in [-0.39, 0.29) is 11.9 Å². The van der Waals surface area contributed by atoms with Crippen molar-refractivity contribution in [3.05, 3.63) is 59.7 Å². The summed E-state index contributed by atoms with van der Waals surface area (Å²) in [6, 6.07) is 8.09. The SMILES string of the molecule is CC(C)c1ccc(/C=C/C(=O)NC(C)c2ncc[nH]2)cc1. The Morgan fingerprint density at radius 1 is 1.24 bits per heavy atom. The van der Waals surface area contributed by atoms with Gasteiger partial charge in [-0.25, -0.2) is 4.98 Å². The van der Waals surface area contributed by atoms with Gasteiger partial charge in [-0.2, -0.15) is 0 Å². The van der Waals surface area contributed by atoms with E-state index in [9.17, 15) is 4.79 Å². The van der Waals surface area contributed by atoms with Gasteiger partial charge in [-0.15, -0.1) is 0 Å². The highest BCUT2D eigenvalue weighted by Gasteiger charge is 2.08. The maximum atomic E-state index is 11.9. The number of carbonyl (C=O) groups is 1. The fourth-order valence-electron chi connectivity index (χ4n) is 2.01. The van der Waals surface area contributed by atoms with E-state index in [1.165, 1.54) is 5.56 Å². The molecule has 2 rings (SSSR count). The number of benzene rings is 1. The third-order valence-corrected chi connectivity index (χ3v) is 3.32. The fourth-order valence-corrected chi connectivity index (χ4v) is 2.01. The van der Waals surface area contributed by atoms with Crippen molar-refractivity contribution in [2.24, 2.45) is 0 Å². The van der Waals surface area contributed by atoms with Crippen molar-refractivity contribution in [3.63, 3.8) is 0 Å². The van der Waals surface area contributed by atoms with E-state index in [1.807, 2.05) is 25.1 Å². The lowest BCUT2D eigenvalue weighted by Crippen LogP contribution is -2.25. The molecule has 1 aromatic carbocycles. The second-order valence-corrected chi connectivity index (χ2v) is 5.36. The maximum Gasteiger partial charge on any atom is 0.244 e. The zero-order chi connectivity index (χ0) is 15.2. The molecule has 0 saturated carbocycles. The molecule has 0 aliphatic rings. The van der Waals surface area contributed by atoms with Crippen LogP contribution in [-0.2, 0) is 4.79 Å². The molecule has 2 N–H and O–H groups in total. The lowest BCUT2D eigenvalue weighted by atomic mass is 10.0. The molecule has 2 aromatic rings. The first-order chi connectivity index (χ1) is 10.1. The summed E-state index contributed by atoms with van der Waals surface area (Å²) >= 11 is 0. The molecule has 0 spiro atoms. The minimum atomic E-state index is -0.138. The zero-order valence-corrected chi connectivity index (χ0v) is 12.6. The highest BCUT2D eigenvalue weighted by atomic mass is 16.1. The van der Waals surface area contributed by atoms with Crippen molar-refractivity contribution in [1.29, 1.82) is 0 Å². The molecule has 1 unspecified atom stereocenters. The van der Waals surface area contributed by atoms with Crippen molar-refractivity contribution in [2.45, 2.75) is 32.7 Å². The molecule has 1 aromatic heterocycles. The van der Waals surface area contributed by atoms with Crippen molar-refractivity contribution in [2.75, 3.05) is 0 Å². The molecule has 1 atom stereocenters. The molecule has 0 bridgehead atoms.